The van der Waals surface area contributed by atoms with Gasteiger partial charge in [-0.3, -0.25) is 9.59 Å². The van der Waals surface area contributed by atoms with E-state index in [-0.39, 0.29) is 23.9 Å². The molecule has 0 unspecified atom stereocenters. The summed E-state index contributed by atoms with van der Waals surface area (Å²) in [5.41, 5.74) is 0.238. The van der Waals surface area contributed by atoms with Gasteiger partial charge in [0.25, 0.3) is 5.91 Å². The zero-order valence-electron chi connectivity index (χ0n) is 15.2. The predicted molar refractivity (Wildman–Crippen MR) is 97.9 cm³/mol. The Morgan fingerprint density at radius 3 is 2.81 bits per heavy atom. The van der Waals surface area contributed by atoms with E-state index in [0.29, 0.717) is 35.8 Å². The third kappa shape index (κ3) is 3.99. The Balaban J connectivity index is 1.38. The van der Waals surface area contributed by atoms with Crippen LogP contribution in [0.3, 0.4) is 0 Å². The van der Waals surface area contributed by atoms with Crippen molar-refractivity contribution in [3.05, 3.63) is 47.9 Å². The quantitative estimate of drug-likeness (QED) is 0.871. The first-order valence-corrected chi connectivity index (χ1v) is 9.42. The molecule has 142 valence electrons. The maximum absolute atomic E-state index is 12.5. The lowest BCUT2D eigenvalue weighted by atomic mass is 9.78. The van der Waals surface area contributed by atoms with Gasteiger partial charge in [-0.05, 0) is 49.9 Å². The largest absolute Gasteiger partial charge is 0.486 e. The molecule has 0 atom stereocenters. The number of fused-ring (bicyclic) bond motifs is 1. The number of carbonyl (C=O) groups is 2. The highest BCUT2D eigenvalue weighted by Crippen LogP contribution is 2.42. The monoisotopic (exact) mass is 369 g/mol. The Morgan fingerprint density at radius 1 is 1.19 bits per heavy atom. The van der Waals surface area contributed by atoms with Crippen LogP contribution in [0.15, 0.2) is 41.0 Å². The van der Waals surface area contributed by atoms with Crippen LogP contribution in [-0.2, 0) is 11.3 Å². The van der Waals surface area contributed by atoms with E-state index in [1.807, 2.05) is 0 Å². The zero-order valence-corrected chi connectivity index (χ0v) is 15.2. The van der Waals surface area contributed by atoms with E-state index in [1.165, 1.54) is 6.42 Å². The molecule has 1 fully saturated rings. The number of nitrogens with one attached hydrogen (secondary N) is 1. The second-order valence-corrected chi connectivity index (χ2v) is 7.25. The number of amides is 1. The van der Waals surface area contributed by atoms with Gasteiger partial charge >= 0.3 is 0 Å². The molecule has 1 spiro atoms. The SMILES string of the molecule is O=C(COc1ccc2c(c1)OC1(CCCCC1)CC2=O)NCc1ccco1. The molecular formula is C21H23NO5. The summed E-state index contributed by atoms with van der Waals surface area (Å²) in [6.07, 6.45) is 7.23. The molecule has 27 heavy (non-hydrogen) atoms. The summed E-state index contributed by atoms with van der Waals surface area (Å²) < 4.78 is 17.0. The van der Waals surface area contributed by atoms with E-state index in [9.17, 15) is 9.59 Å². The van der Waals surface area contributed by atoms with Crippen molar-refractivity contribution in [2.24, 2.45) is 0 Å². The molecule has 1 saturated carbocycles. The molecule has 6 heteroatoms. The minimum atomic E-state index is -0.360. The summed E-state index contributed by atoms with van der Waals surface area (Å²) in [7, 11) is 0. The maximum Gasteiger partial charge on any atom is 0.258 e. The van der Waals surface area contributed by atoms with Gasteiger partial charge in [0.05, 0.1) is 24.8 Å². The van der Waals surface area contributed by atoms with E-state index in [0.717, 1.165) is 25.7 Å². The van der Waals surface area contributed by atoms with Gasteiger partial charge < -0.3 is 19.2 Å². The van der Waals surface area contributed by atoms with Crippen LogP contribution in [-0.4, -0.2) is 23.9 Å². The number of benzene rings is 1. The molecule has 1 aromatic carbocycles. The molecule has 2 heterocycles. The van der Waals surface area contributed by atoms with Crippen molar-refractivity contribution in [2.75, 3.05) is 6.61 Å². The number of carbonyl (C=O) groups excluding carboxylic acids is 2. The molecule has 0 bridgehead atoms. The van der Waals surface area contributed by atoms with Crippen LogP contribution in [0.4, 0.5) is 0 Å². The van der Waals surface area contributed by atoms with E-state index in [1.54, 1.807) is 36.6 Å². The maximum atomic E-state index is 12.5. The van der Waals surface area contributed by atoms with Gasteiger partial charge in [0.2, 0.25) is 0 Å². The van der Waals surface area contributed by atoms with Crippen molar-refractivity contribution in [3.63, 3.8) is 0 Å². The Morgan fingerprint density at radius 2 is 2.04 bits per heavy atom. The Hall–Kier alpha value is -2.76. The number of Topliss-reactive ketones (excluding diaryl/α,β-unsaturated/α-hetero) is 1. The summed E-state index contributed by atoms with van der Waals surface area (Å²) in [6, 6.07) is 8.72. The molecule has 6 nitrogen and oxygen atoms in total. The normalized spacial score (nSPS) is 17.9. The lowest BCUT2D eigenvalue weighted by Crippen LogP contribution is -2.43. The van der Waals surface area contributed by atoms with Crippen LogP contribution in [0.2, 0.25) is 0 Å². The lowest BCUT2D eigenvalue weighted by molar-refractivity contribution is -0.123. The molecule has 1 amide bonds. The minimum absolute atomic E-state index is 0.113. The van der Waals surface area contributed by atoms with Crippen LogP contribution >= 0.6 is 0 Å². The van der Waals surface area contributed by atoms with Crippen molar-refractivity contribution < 1.29 is 23.5 Å². The van der Waals surface area contributed by atoms with Crippen molar-refractivity contribution in [1.29, 1.82) is 0 Å². The third-order valence-electron chi connectivity index (χ3n) is 5.24. The second-order valence-electron chi connectivity index (χ2n) is 7.25. The van der Waals surface area contributed by atoms with Crippen molar-refractivity contribution in [2.45, 2.75) is 50.7 Å². The Bertz CT molecular complexity index is 821. The fraction of sp³-hybridized carbons (Fsp3) is 0.429. The van der Waals surface area contributed by atoms with Crippen LogP contribution < -0.4 is 14.8 Å². The molecule has 4 rings (SSSR count). The van der Waals surface area contributed by atoms with Gasteiger partial charge in [-0.25, -0.2) is 0 Å². The lowest BCUT2D eigenvalue weighted by Gasteiger charge is -2.40. The number of hydrogen-bond acceptors (Lipinski definition) is 5. The van der Waals surface area contributed by atoms with Crippen molar-refractivity contribution >= 4 is 11.7 Å². The number of hydrogen-bond donors (Lipinski definition) is 1. The molecule has 2 aromatic rings. The van der Waals surface area contributed by atoms with E-state index < -0.39 is 0 Å². The smallest absolute Gasteiger partial charge is 0.258 e. The fourth-order valence-corrected chi connectivity index (χ4v) is 3.84. The number of furan rings is 1. The molecule has 1 aliphatic heterocycles. The number of ether oxygens (including phenoxy) is 2. The molecular weight excluding hydrogens is 346 g/mol. The summed E-state index contributed by atoms with van der Waals surface area (Å²) in [6.45, 7) is 0.206. The van der Waals surface area contributed by atoms with Gasteiger partial charge in [-0.1, -0.05) is 6.42 Å². The molecule has 0 radical (unpaired) electrons. The van der Waals surface area contributed by atoms with Crippen LogP contribution in [0.25, 0.3) is 0 Å². The van der Waals surface area contributed by atoms with Crippen molar-refractivity contribution in [1.82, 2.24) is 5.32 Å². The fourth-order valence-electron chi connectivity index (χ4n) is 3.84. The Kier molecular flexibility index (Phi) is 4.88. The van der Waals surface area contributed by atoms with Crippen molar-refractivity contribution in [3.8, 4) is 11.5 Å². The molecule has 1 N–H and O–H groups in total. The minimum Gasteiger partial charge on any atom is -0.486 e. The van der Waals surface area contributed by atoms with Gasteiger partial charge in [-0.15, -0.1) is 0 Å². The third-order valence-corrected chi connectivity index (χ3v) is 5.24. The summed E-state index contributed by atoms with van der Waals surface area (Å²) in [5, 5.41) is 2.73. The van der Waals surface area contributed by atoms with E-state index in [2.05, 4.69) is 5.32 Å². The standard InChI is InChI=1S/C21H23NO5/c23-18-12-21(8-2-1-3-9-21)27-19-11-15(6-7-17(18)19)26-14-20(24)22-13-16-5-4-10-25-16/h4-7,10-11H,1-3,8-9,12-14H2,(H,22,24). The van der Waals surface area contributed by atoms with Crippen LogP contribution in [0, 0.1) is 0 Å². The number of rotatable bonds is 5. The van der Waals surface area contributed by atoms with Crippen LogP contribution in [0.1, 0.15) is 54.6 Å². The first-order valence-electron chi connectivity index (χ1n) is 9.42. The predicted octanol–water partition coefficient (Wildman–Crippen LogP) is 3.64. The molecule has 2 aliphatic rings. The highest BCUT2D eigenvalue weighted by atomic mass is 16.5. The first kappa shape index (κ1) is 17.6. The summed E-state index contributed by atoms with van der Waals surface area (Å²) >= 11 is 0. The molecule has 0 saturated heterocycles. The average Bonchev–Trinajstić information content (AvgIpc) is 3.18. The average molecular weight is 369 g/mol. The van der Waals surface area contributed by atoms with E-state index >= 15 is 0 Å². The van der Waals surface area contributed by atoms with Gasteiger partial charge in [-0.2, -0.15) is 0 Å². The molecule has 1 aliphatic carbocycles. The summed E-state index contributed by atoms with van der Waals surface area (Å²) in [5.74, 6) is 1.65. The van der Waals surface area contributed by atoms with Gasteiger partial charge in [0, 0.05) is 6.07 Å². The topological polar surface area (TPSA) is 77.8 Å². The van der Waals surface area contributed by atoms with Crippen LogP contribution in [0.5, 0.6) is 11.5 Å². The van der Waals surface area contributed by atoms with Gasteiger partial charge in [0.1, 0.15) is 22.9 Å². The highest BCUT2D eigenvalue weighted by Gasteiger charge is 2.41. The zero-order chi connectivity index (χ0) is 18.7. The first-order chi connectivity index (χ1) is 13.1. The Labute approximate surface area is 157 Å². The van der Waals surface area contributed by atoms with E-state index in [4.69, 9.17) is 13.9 Å². The van der Waals surface area contributed by atoms with Gasteiger partial charge in [0.15, 0.2) is 12.4 Å². The molecule has 1 aromatic heterocycles. The highest BCUT2D eigenvalue weighted by molar-refractivity contribution is 6.00. The summed E-state index contributed by atoms with van der Waals surface area (Å²) in [4.78, 5) is 24.5. The number of ketones is 1. The second kappa shape index (κ2) is 7.47.